The van der Waals surface area contributed by atoms with Crippen LogP contribution in [0.15, 0.2) is 48.7 Å². The number of aliphatic hydroxyl groups is 1. The lowest BCUT2D eigenvalue weighted by Gasteiger charge is -2.39. The Hall–Kier alpha value is -1.75. The quantitative estimate of drug-likeness (QED) is 0.701. The van der Waals surface area contributed by atoms with Gasteiger partial charge in [0.15, 0.2) is 0 Å². The van der Waals surface area contributed by atoms with Gasteiger partial charge < -0.3 is 15.7 Å². The fourth-order valence-electron chi connectivity index (χ4n) is 4.76. The van der Waals surface area contributed by atoms with E-state index >= 15 is 0 Å². The second kappa shape index (κ2) is 7.87. The van der Waals surface area contributed by atoms with Gasteiger partial charge in [0, 0.05) is 17.3 Å². The van der Waals surface area contributed by atoms with Crippen LogP contribution in [-0.4, -0.2) is 35.8 Å². The average molecular weight is 351 g/mol. The normalized spacial score (nSPS) is 23.9. The van der Waals surface area contributed by atoms with Crippen LogP contribution in [-0.2, 0) is 11.8 Å². The van der Waals surface area contributed by atoms with Gasteiger partial charge >= 0.3 is 0 Å². The molecule has 1 fully saturated rings. The summed E-state index contributed by atoms with van der Waals surface area (Å²) in [6.45, 7) is 2.90. The van der Waals surface area contributed by atoms with E-state index < -0.39 is 0 Å². The second-order valence-electron chi connectivity index (χ2n) is 7.65. The van der Waals surface area contributed by atoms with Gasteiger partial charge in [-0.3, -0.25) is 4.98 Å². The first-order chi connectivity index (χ1) is 12.8. The molecule has 1 spiro atoms. The minimum atomic E-state index is -0.335. The van der Waals surface area contributed by atoms with Crippen LogP contribution in [0.3, 0.4) is 0 Å². The zero-order valence-electron chi connectivity index (χ0n) is 15.3. The van der Waals surface area contributed by atoms with Gasteiger partial charge in [0.1, 0.15) is 0 Å². The third-order valence-corrected chi connectivity index (χ3v) is 6.16. The summed E-state index contributed by atoms with van der Waals surface area (Å²) in [5.41, 5.74) is 3.74. The van der Waals surface area contributed by atoms with Gasteiger partial charge in [-0.2, -0.15) is 0 Å². The van der Waals surface area contributed by atoms with E-state index in [-0.39, 0.29) is 17.6 Å². The zero-order chi connectivity index (χ0) is 17.8. The molecule has 4 nitrogen and oxygen atoms in total. The molecule has 3 N–H and O–H groups in total. The lowest BCUT2D eigenvalue weighted by atomic mass is 9.72. The number of fused-ring (bicyclic) bond motifs is 2. The maximum Gasteiger partial charge on any atom is 0.0832 e. The molecule has 138 valence electrons. The average Bonchev–Trinajstić information content (AvgIpc) is 2.92. The molecule has 1 aliphatic heterocycles. The van der Waals surface area contributed by atoms with Gasteiger partial charge in [0.05, 0.1) is 12.1 Å². The number of pyridine rings is 1. The number of nitrogens with zero attached hydrogens (tertiary/aromatic N) is 1. The smallest absolute Gasteiger partial charge is 0.0832 e. The molecule has 2 aromatic rings. The largest absolute Gasteiger partial charge is 0.390 e. The van der Waals surface area contributed by atoms with Crippen molar-refractivity contribution >= 4 is 0 Å². The van der Waals surface area contributed by atoms with Crippen LogP contribution in [0.25, 0.3) is 0 Å². The maximum atomic E-state index is 11.2. The van der Waals surface area contributed by atoms with Crippen LogP contribution < -0.4 is 10.6 Å². The Balaban J connectivity index is 1.37. The summed E-state index contributed by atoms with van der Waals surface area (Å²) in [5.74, 6) is 0. The van der Waals surface area contributed by atoms with Crippen molar-refractivity contribution < 1.29 is 5.11 Å². The fourth-order valence-corrected chi connectivity index (χ4v) is 4.76. The molecule has 1 saturated heterocycles. The van der Waals surface area contributed by atoms with Gasteiger partial charge in [-0.25, -0.2) is 0 Å². The first-order valence-corrected chi connectivity index (χ1v) is 9.93. The zero-order valence-corrected chi connectivity index (χ0v) is 15.3. The Bertz CT molecular complexity index is 712. The molecule has 0 unspecified atom stereocenters. The van der Waals surface area contributed by atoms with Crippen LogP contribution in [0.2, 0.25) is 0 Å². The van der Waals surface area contributed by atoms with E-state index in [0.717, 1.165) is 57.4 Å². The van der Waals surface area contributed by atoms with E-state index in [1.807, 2.05) is 18.3 Å². The van der Waals surface area contributed by atoms with E-state index in [4.69, 9.17) is 0 Å². The predicted octanol–water partition coefficient (Wildman–Crippen LogP) is 2.73. The number of piperidine rings is 1. The third-order valence-electron chi connectivity index (χ3n) is 6.16. The molecule has 0 radical (unpaired) electrons. The van der Waals surface area contributed by atoms with E-state index in [2.05, 4.69) is 45.9 Å². The SMILES string of the molecule is O[C@H]1[C@H](NCCCCc2ccccn2)c2ccccc2C12CCNCC2. The number of aromatic nitrogens is 1. The van der Waals surface area contributed by atoms with Crippen molar-refractivity contribution in [3.8, 4) is 0 Å². The Labute approximate surface area is 156 Å². The molecular formula is C22H29N3O. The van der Waals surface area contributed by atoms with E-state index in [1.54, 1.807) is 0 Å². The molecule has 4 rings (SSSR count). The van der Waals surface area contributed by atoms with Gasteiger partial charge in [-0.1, -0.05) is 30.3 Å². The number of aryl methyl sites for hydroxylation is 1. The molecule has 2 heterocycles. The number of nitrogens with one attached hydrogen (secondary N) is 2. The topological polar surface area (TPSA) is 57.2 Å². The minimum Gasteiger partial charge on any atom is -0.390 e. The van der Waals surface area contributed by atoms with Crippen molar-refractivity contribution in [3.63, 3.8) is 0 Å². The number of rotatable bonds is 6. The summed E-state index contributed by atoms with van der Waals surface area (Å²) in [6.07, 6.45) is 6.78. The third kappa shape index (κ3) is 3.29. The maximum absolute atomic E-state index is 11.2. The summed E-state index contributed by atoms with van der Waals surface area (Å²) in [5, 5.41) is 18.3. The highest BCUT2D eigenvalue weighted by atomic mass is 16.3. The number of hydrogen-bond acceptors (Lipinski definition) is 4. The van der Waals surface area contributed by atoms with Crippen molar-refractivity contribution in [2.24, 2.45) is 0 Å². The minimum absolute atomic E-state index is 0.0548. The Morgan fingerprint density at radius 3 is 2.69 bits per heavy atom. The number of benzene rings is 1. The van der Waals surface area contributed by atoms with Crippen molar-refractivity contribution in [2.75, 3.05) is 19.6 Å². The van der Waals surface area contributed by atoms with Gasteiger partial charge in [-0.05, 0) is 75.0 Å². The monoisotopic (exact) mass is 351 g/mol. The molecule has 2 aliphatic rings. The Kier molecular flexibility index (Phi) is 5.34. The van der Waals surface area contributed by atoms with Crippen molar-refractivity contribution in [1.82, 2.24) is 15.6 Å². The molecule has 1 aliphatic carbocycles. The van der Waals surface area contributed by atoms with E-state index in [0.29, 0.717) is 0 Å². The number of unbranched alkanes of at least 4 members (excludes halogenated alkanes) is 1. The molecule has 2 atom stereocenters. The molecule has 0 bridgehead atoms. The molecular weight excluding hydrogens is 322 g/mol. The summed E-state index contributed by atoms with van der Waals surface area (Å²) in [6, 6.07) is 14.8. The summed E-state index contributed by atoms with van der Waals surface area (Å²) < 4.78 is 0. The van der Waals surface area contributed by atoms with E-state index in [1.165, 1.54) is 11.1 Å². The number of hydrogen-bond donors (Lipinski definition) is 3. The van der Waals surface area contributed by atoms with Gasteiger partial charge in [0.25, 0.3) is 0 Å². The molecule has 1 aromatic heterocycles. The highest BCUT2D eigenvalue weighted by molar-refractivity contribution is 5.45. The van der Waals surface area contributed by atoms with Crippen molar-refractivity contribution in [3.05, 3.63) is 65.5 Å². The van der Waals surface area contributed by atoms with Crippen LogP contribution in [0.4, 0.5) is 0 Å². The van der Waals surface area contributed by atoms with Crippen LogP contribution in [0.1, 0.15) is 48.5 Å². The van der Waals surface area contributed by atoms with Crippen LogP contribution >= 0.6 is 0 Å². The fraction of sp³-hybridized carbons (Fsp3) is 0.500. The molecule has 0 amide bonds. The Morgan fingerprint density at radius 2 is 1.88 bits per heavy atom. The lowest BCUT2D eigenvalue weighted by molar-refractivity contribution is 0.0443. The first kappa shape index (κ1) is 17.7. The highest BCUT2D eigenvalue weighted by Gasteiger charge is 2.51. The van der Waals surface area contributed by atoms with E-state index in [9.17, 15) is 5.11 Å². The molecule has 1 aromatic carbocycles. The standard InChI is InChI=1S/C22H29N3O/c26-21-20(25-14-6-4-8-17-7-3-5-13-24-17)18-9-1-2-10-19(18)22(21)11-15-23-16-12-22/h1-3,5,7,9-10,13,20-21,23,25-26H,4,6,8,11-12,14-16H2/t20-,21+/m1/s1. The second-order valence-corrected chi connectivity index (χ2v) is 7.65. The lowest BCUT2D eigenvalue weighted by Crippen LogP contribution is -2.48. The van der Waals surface area contributed by atoms with Crippen LogP contribution in [0, 0.1) is 0 Å². The first-order valence-electron chi connectivity index (χ1n) is 9.93. The van der Waals surface area contributed by atoms with Crippen molar-refractivity contribution in [1.29, 1.82) is 0 Å². The van der Waals surface area contributed by atoms with Crippen LogP contribution in [0.5, 0.6) is 0 Å². The van der Waals surface area contributed by atoms with Crippen molar-refractivity contribution in [2.45, 2.75) is 49.7 Å². The summed E-state index contributed by atoms with van der Waals surface area (Å²) in [4.78, 5) is 4.39. The summed E-state index contributed by atoms with van der Waals surface area (Å²) in [7, 11) is 0. The van der Waals surface area contributed by atoms with Gasteiger partial charge in [0.2, 0.25) is 0 Å². The van der Waals surface area contributed by atoms with Gasteiger partial charge in [-0.15, -0.1) is 0 Å². The molecule has 26 heavy (non-hydrogen) atoms. The molecule has 0 saturated carbocycles. The summed E-state index contributed by atoms with van der Waals surface area (Å²) >= 11 is 0. The highest BCUT2D eigenvalue weighted by Crippen LogP contribution is 2.49. The predicted molar refractivity (Wildman–Crippen MR) is 104 cm³/mol. The molecule has 4 heteroatoms. The number of aliphatic hydroxyl groups excluding tert-OH is 1. The Morgan fingerprint density at radius 1 is 1.08 bits per heavy atom.